The summed E-state index contributed by atoms with van der Waals surface area (Å²) in [6, 6.07) is 13.3. The lowest BCUT2D eigenvalue weighted by Crippen LogP contribution is -2.27. The average molecular weight is 331 g/mol. The molecule has 0 bridgehead atoms. The molecule has 1 atom stereocenters. The Hall–Kier alpha value is -1.91. The van der Waals surface area contributed by atoms with E-state index in [1.54, 1.807) is 19.1 Å². The number of benzene rings is 2. The smallest absolute Gasteiger partial charge is 0.123 e. The predicted octanol–water partition coefficient (Wildman–Crippen LogP) is 3.80. The van der Waals surface area contributed by atoms with Crippen molar-refractivity contribution >= 4 is 0 Å². The molecule has 24 heavy (non-hydrogen) atoms. The van der Waals surface area contributed by atoms with Gasteiger partial charge in [-0.1, -0.05) is 38.1 Å². The monoisotopic (exact) mass is 331 g/mol. The first kappa shape index (κ1) is 18.4. The van der Waals surface area contributed by atoms with E-state index in [0.29, 0.717) is 12.2 Å². The fraction of sp³-hybridized carbons (Fsp3) is 0.400. The molecule has 0 fully saturated rings. The molecule has 0 unspecified atom stereocenters. The van der Waals surface area contributed by atoms with Gasteiger partial charge < -0.3 is 14.7 Å². The van der Waals surface area contributed by atoms with Crippen LogP contribution in [0.5, 0.6) is 5.75 Å². The second-order valence-corrected chi connectivity index (χ2v) is 5.98. The van der Waals surface area contributed by atoms with Crippen LogP contribution in [-0.2, 0) is 5.60 Å². The number of hydrogen-bond donors (Lipinski definition) is 1. The predicted molar refractivity (Wildman–Crippen MR) is 94.8 cm³/mol. The van der Waals surface area contributed by atoms with Crippen molar-refractivity contribution in [2.24, 2.45) is 0 Å². The van der Waals surface area contributed by atoms with Crippen molar-refractivity contribution in [1.29, 1.82) is 0 Å². The van der Waals surface area contributed by atoms with Crippen LogP contribution in [0.25, 0.3) is 0 Å². The summed E-state index contributed by atoms with van der Waals surface area (Å²) in [6.07, 6.45) is 0. The Morgan fingerprint density at radius 3 is 1.96 bits per heavy atom. The van der Waals surface area contributed by atoms with Crippen LogP contribution in [0.4, 0.5) is 4.39 Å². The van der Waals surface area contributed by atoms with Gasteiger partial charge >= 0.3 is 0 Å². The van der Waals surface area contributed by atoms with E-state index in [1.807, 2.05) is 24.3 Å². The summed E-state index contributed by atoms with van der Waals surface area (Å²) >= 11 is 0. The van der Waals surface area contributed by atoms with Crippen LogP contribution in [0.1, 0.15) is 31.9 Å². The van der Waals surface area contributed by atoms with Gasteiger partial charge in [0.25, 0.3) is 0 Å². The van der Waals surface area contributed by atoms with E-state index in [9.17, 15) is 9.50 Å². The van der Waals surface area contributed by atoms with Crippen LogP contribution in [0.2, 0.25) is 0 Å². The highest BCUT2D eigenvalue weighted by Gasteiger charge is 2.25. The molecular formula is C20H26FNO2. The van der Waals surface area contributed by atoms with Gasteiger partial charge in [-0.2, -0.15) is 0 Å². The van der Waals surface area contributed by atoms with Crippen molar-refractivity contribution in [3.63, 3.8) is 0 Å². The third-order valence-corrected chi connectivity index (χ3v) is 4.39. The minimum atomic E-state index is -1.17. The van der Waals surface area contributed by atoms with Crippen molar-refractivity contribution in [3.8, 4) is 5.75 Å². The first-order chi connectivity index (χ1) is 11.5. The largest absolute Gasteiger partial charge is 0.492 e. The quantitative estimate of drug-likeness (QED) is 0.798. The maximum absolute atomic E-state index is 13.1. The average Bonchev–Trinajstić information content (AvgIpc) is 2.59. The minimum absolute atomic E-state index is 0.313. The highest BCUT2D eigenvalue weighted by molar-refractivity contribution is 5.38. The molecule has 0 spiro atoms. The topological polar surface area (TPSA) is 32.7 Å². The number of nitrogens with zero attached hydrogens (tertiary/aromatic N) is 1. The zero-order valence-corrected chi connectivity index (χ0v) is 14.6. The summed E-state index contributed by atoms with van der Waals surface area (Å²) in [6.45, 7) is 9.53. The van der Waals surface area contributed by atoms with Crippen LogP contribution >= 0.6 is 0 Å². The van der Waals surface area contributed by atoms with E-state index in [-0.39, 0.29) is 5.82 Å². The van der Waals surface area contributed by atoms with Crippen molar-refractivity contribution < 1.29 is 14.2 Å². The van der Waals surface area contributed by atoms with Gasteiger partial charge in [0.05, 0.1) is 0 Å². The SMILES string of the molecule is CCN(CC)CCOc1ccc([C@@](C)(O)c2ccc(F)cc2)cc1. The molecule has 0 aliphatic rings. The van der Waals surface area contributed by atoms with E-state index in [0.717, 1.165) is 30.9 Å². The van der Waals surface area contributed by atoms with Crippen LogP contribution in [0.15, 0.2) is 48.5 Å². The van der Waals surface area contributed by atoms with Gasteiger partial charge in [0.1, 0.15) is 23.8 Å². The van der Waals surface area contributed by atoms with E-state index in [1.165, 1.54) is 12.1 Å². The standard InChI is InChI=1S/C20H26FNO2/c1-4-22(5-2)14-15-24-19-12-8-17(9-13-19)20(3,23)16-6-10-18(21)11-7-16/h6-13,23H,4-5,14-15H2,1-3H3/t20-/m0/s1. The highest BCUT2D eigenvalue weighted by atomic mass is 19.1. The summed E-state index contributed by atoms with van der Waals surface area (Å²) in [5.41, 5.74) is 0.220. The molecule has 0 saturated heterocycles. The lowest BCUT2D eigenvalue weighted by molar-refractivity contribution is 0.102. The Morgan fingerprint density at radius 1 is 0.958 bits per heavy atom. The molecule has 2 rings (SSSR count). The molecule has 0 aromatic heterocycles. The highest BCUT2D eigenvalue weighted by Crippen LogP contribution is 2.30. The summed E-state index contributed by atoms with van der Waals surface area (Å²) in [5.74, 6) is 0.465. The van der Waals surface area contributed by atoms with Crippen molar-refractivity contribution in [2.45, 2.75) is 26.4 Å². The Bertz CT molecular complexity index is 619. The summed E-state index contributed by atoms with van der Waals surface area (Å²) in [7, 11) is 0. The lowest BCUT2D eigenvalue weighted by atomic mass is 9.88. The molecule has 0 saturated carbocycles. The number of halogens is 1. The Morgan fingerprint density at radius 2 is 1.46 bits per heavy atom. The summed E-state index contributed by atoms with van der Waals surface area (Å²) in [5, 5.41) is 10.8. The fourth-order valence-electron chi connectivity index (χ4n) is 2.65. The zero-order chi connectivity index (χ0) is 17.6. The molecule has 0 radical (unpaired) electrons. The van der Waals surface area contributed by atoms with Gasteiger partial charge in [-0.3, -0.25) is 0 Å². The van der Waals surface area contributed by atoms with Crippen molar-refractivity contribution in [3.05, 3.63) is 65.5 Å². The molecular weight excluding hydrogens is 305 g/mol. The number of ether oxygens (including phenoxy) is 1. The fourth-order valence-corrected chi connectivity index (χ4v) is 2.65. The third kappa shape index (κ3) is 4.56. The lowest BCUT2D eigenvalue weighted by Gasteiger charge is -2.25. The Balaban J connectivity index is 2.01. The molecule has 1 N–H and O–H groups in total. The summed E-state index contributed by atoms with van der Waals surface area (Å²) < 4.78 is 18.8. The molecule has 3 nitrogen and oxygen atoms in total. The molecule has 0 amide bonds. The van der Waals surface area contributed by atoms with Crippen LogP contribution in [0.3, 0.4) is 0 Å². The molecule has 0 aliphatic heterocycles. The Labute approximate surface area is 143 Å². The minimum Gasteiger partial charge on any atom is -0.492 e. The van der Waals surface area contributed by atoms with Gasteiger partial charge in [-0.15, -0.1) is 0 Å². The molecule has 2 aromatic carbocycles. The first-order valence-corrected chi connectivity index (χ1v) is 8.41. The van der Waals surface area contributed by atoms with Gasteiger partial charge in [0.2, 0.25) is 0 Å². The van der Waals surface area contributed by atoms with Crippen LogP contribution in [-0.4, -0.2) is 36.2 Å². The van der Waals surface area contributed by atoms with Gasteiger partial charge in [0.15, 0.2) is 0 Å². The van der Waals surface area contributed by atoms with Crippen LogP contribution in [0, 0.1) is 5.82 Å². The third-order valence-electron chi connectivity index (χ3n) is 4.39. The normalized spacial score (nSPS) is 13.8. The second-order valence-electron chi connectivity index (χ2n) is 5.98. The number of aliphatic hydroxyl groups is 1. The Kier molecular flexibility index (Phi) is 6.35. The van der Waals surface area contributed by atoms with E-state index in [4.69, 9.17) is 4.74 Å². The molecule has 130 valence electrons. The number of rotatable bonds is 8. The van der Waals surface area contributed by atoms with Crippen LogP contribution < -0.4 is 4.74 Å². The molecule has 2 aromatic rings. The molecule has 4 heteroatoms. The van der Waals surface area contributed by atoms with Gasteiger partial charge in [-0.05, 0) is 55.4 Å². The zero-order valence-electron chi connectivity index (χ0n) is 14.6. The van der Waals surface area contributed by atoms with E-state index < -0.39 is 5.60 Å². The number of likely N-dealkylation sites (N-methyl/N-ethyl adjacent to an activating group) is 1. The van der Waals surface area contributed by atoms with Crippen molar-refractivity contribution in [1.82, 2.24) is 4.90 Å². The van der Waals surface area contributed by atoms with Crippen molar-refractivity contribution in [2.75, 3.05) is 26.2 Å². The molecule has 0 aliphatic carbocycles. The van der Waals surface area contributed by atoms with Gasteiger partial charge in [0, 0.05) is 6.54 Å². The van der Waals surface area contributed by atoms with Gasteiger partial charge in [-0.25, -0.2) is 4.39 Å². The maximum Gasteiger partial charge on any atom is 0.123 e. The second kappa shape index (κ2) is 8.27. The van der Waals surface area contributed by atoms with E-state index >= 15 is 0 Å². The summed E-state index contributed by atoms with van der Waals surface area (Å²) in [4.78, 5) is 2.30. The first-order valence-electron chi connectivity index (χ1n) is 8.41. The molecule has 0 heterocycles. The number of hydrogen-bond acceptors (Lipinski definition) is 3. The van der Waals surface area contributed by atoms with E-state index in [2.05, 4.69) is 18.7 Å². The maximum atomic E-state index is 13.1.